The van der Waals surface area contributed by atoms with Crippen LogP contribution in [0, 0.1) is 0 Å². The molecule has 0 aromatic rings. The molecule has 2 atom stereocenters. The Bertz CT molecular complexity index is 769. The van der Waals surface area contributed by atoms with Gasteiger partial charge in [0.25, 0.3) is 0 Å². The Hall–Kier alpha value is -0.520. The van der Waals surface area contributed by atoms with Crippen LogP contribution in [0.5, 0.6) is 0 Å². The van der Waals surface area contributed by atoms with Crippen LogP contribution in [-0.4, -0.2) is 60.8 Å². The highest BCUT2D eigenvalue weighted by molar-refractivity contribution is 8.35. The Balaban J connectivity index is 3.98. The van der Waals surface area contributed by atoms with E-state index in [4.69, 9.17) is 35.4 Å². The van der Waals surface area contributed by atoms with Gasteiger partial charge in [-0.25, -0.2) is 0 Å². The molecule has 0 aromatic carbocycles. The van der Waals surface area contributed by atoms with Gasteiger partial charge in [0.15, 0.2) is 12.7 Å². The fourth-order valence-electron chi connectivity index (χ4n) is 6.48. The fraction of sp³-hybridized carbons (Fsp3) is 0.952. The van der Waals surface area contributed by atoms with E-state index in [0.29, 0.717) is 0 Å². The largest absolute Gasteiger partial charge is 0.574 e. The highest BCUT2D eigenvalue weighted by Crippen LogP contribution is 2.58. The number of ether oxygens (including phenoxy) is 2. The van der Waals surface area contributed by atoms with Crippen molar-refractivity contribution >= 4 is 31.3 Å². The van der Waals surface area contributed by atoms with Crippen molar-refractivity contribution in [2.75, 3.05) is 26.4 Å². The third-order valence-electron chi connectivity index (χ3n) is 9.97. The zero-order chi connectivity index (χ0) is 39.8. The number of hydrogen-bond donors (Lipinski definition) is 3. The van der Waals surface area contributed by atoms with Crippen LogP contribution >= 0.6 is 7.15 Å². The SMILES string of the molecule is CCCCCCCCCCCCCCCCCC(=O)O[C@H](CO)CO[P+]([S-])(O[NH3+])OC[C@@H](CO)OC(=[O+])CCCCCCCCCCCCCCCCC. The Labute approximate surface area is 337 Å². The van der Waals surface area contributed by atoms with E-state index in [0.717, 1.165) is 38.5 Å². The van der Waals surface area contributed by atoms with E-state index < -0.39 is 44.5 Å². The van der Waals surface area contributed by atoms with E-state index in [1.807, 2.05) is 0 Å². The number of carbonyl (C=O) groups is 2. The van der Waals surface area contributed by atoms with E-state index in [1.54, 1.807) is 0 Å². The molecule has 0 amide bonds. The summed E-state index contributed by atoms with van der Waals surface area (Å²) >= 11 is 5.35. The number of aliphatic hydroxyl groups excluding tert-OH is 2. The molecule has 5 N–H and O–H groups in total. The molecule has 0 rings (SSSR count). The minimum Gasteiger partial charge on any atom is -0.457 e. The molecule has 1 radical (unpaired) electrons. The zero-order valence-corrected chi connectivity index (χ0v) is 36.6. The van der Waals surface area contributed by atoms with E-state index in [1.165, 1.54) is 154 Å². The molecular formula is C42H85NO9PS+2. The number of quaternary nitrogens is 1. The maximum Gasteiger partial charge on any atom is 0.574 e. The number of esters is 2. The average Bonchev–Trinajstić information content (AvgIpc) is 3.17. The molecule has 0 aliphatic rings. The second kappa shape index (κ2) is 40.7. The number of rotatable bonds is 43. The van der Waals surface area contributed by atoms with E-state index in [9.17, 15) is 19.8 Å². The smallest absolute Gasteiger partial charge is 0.457 e. The predicted octanol–water partition coefficient (Wildman–Crippen LogP) is 10.7. The summed E-state index contributed by atoms with van der Waals surface area (Å²) < 4.78 is 27.0. The van der Waals surface area contributed by atoms with Crippen molar-refractivity contribution in [3.05, 3.63) is 0 Å². The first-order valence-electron chi connectivity index (χ1n) is 22.3. The molecule has 0 saturated heterocycles. The van der Waals surface area contributed by atoms with Crippen molar-refractivity contribution in [3.63, 3.8) is 0 Å². The van der Waals surface area contributed by atoms with E-state index >= 15 is 0 Å². The van der Waals surface area contributed by atoms with Crippen LogP contribution in [0.3, 0.4) is 0 Å². The topological polar surface area (TPSA) is 151 Å². The Morgan fingerprint density at radius 2 is 0.833 bits per heavy atom. The van der Waals surface area contributed by atoms with Gasteiger partial charge >= 0.3 is 19.1 Å². The Kier molecular flexibility index (Phi) is 40.3. The van der Waals surface area contributed by atoms with Gasteiger partial charge in [0.2, 0.25) is 6.10 Å². The molecule has 321 valence electrons. The van der Waals surface area contributed by atoms with Gasteiger partial charge in [-0.05, 0) is 17.5 Å². The van der Waals surface area contributed by atoms with Crippen molar-refractivity contribution in [2.45, 2.75) is 232 Å². The molecule has 0 bridgehead atoms. The predicted molar refractivity (Wildman–Crippen MR) is 223 cm³/mol. The summed E-state index contributed by atoms with van der Waals surface area (Å²) in [5, 5.41) is 19.5. The first-order valence-corrected chi connectivity index (χ1v) is 24.8. The number of aliphatic hydroxyl groups is 2. The number of carbonyl (C=O) groups excluding carboxylic acids is 2. The van der Waals surface area contributed by atoms with Crippen molar-refractivity contribution in [1.29, 1.82) is 0 Å². The quantitative estimate of drug-likeness (QED) is 0.0136. The molecule has 0 spiro atoms. The molecule has 0 aliphatic heterocycles. The van der Waals surface area contributed by atoms with Crippen LogP contribution < -0.4 is 5.90 Å². The molecule has 10 nitrogen and oxygen atoms in total. The van der Waals surface area contributed by atoms with Gasteiger partial charge in [-0.1, -0.05) is 194 Å². The summed E-state index contributed by atoms with van der Waals surface area (Å²) in [6, 6.07) is 0. The summed E-state index contributed by atoms with van der Waals surface area (Å²) in [7, 11) is -3.41. The molecule has 0 aromatic heterocycles. The molecule has 0 unspecified atom stereocenters. The lowest BCUT2D eigenvalue weighted by Crippen LogP contribution is -2.49. The Morgan fingerprint density at radius 3 is 1.15 bits per heavy atom. The van der Waals surface area contributed by atoms with Crippen LogP contribution in [0.4, 0.5) is 0 Å². The standard InChI is InChI=1S/C42H85NO9PS/c1-3-5-7-9-11-13-15-17-19-21-23-25-27-29-31-33-41(46)50-39(35-44)37-48-53(54,52-43)49-38-40(36-45)51-42(47)34-32-30-28-26-24-22-20-18-16-14-12-10-8-6-4-2/h39-40,44-45H,3-38H2,1-2,43H3/q+2/t39-,40-/m1/s1. The number of unbranched alkanes of at least 4 members (excludes halogenated alkanes) is 28. The molecular weight excluding hydrogens is 726 g/mol. The molecule has 0 aliphatic carbocycles. The summed E-state index contributed by atoms with van der Waals surface area (Å²) in [5.41, 5.74) is 0. The average molecular weight is 811 g/mol. The summed E-state index contributed by atoms with van der Waals surface area (Å²) in [5.74, 6) is 2.54. The summed E-state index contributed by atoms with van der Waals surface area (Å²) in [6.45, 7) is 3.14. The van der Waals surface area contributed by atoms with Crippen molar-refractivity contribution in [1.82, 2.24) is 0 Å². The van der Waals surface area contributed by atoms with Gasteiger partial charge in [0.05, 0.1) is 6.61 Å². The fourth-order valence-corrected chi connectivity index (χ4v) is 7.77. The van der Waals surface area contributed by atoms with E-state index in [-0.39, 0.29) is 26.1 Å². The normalized spacial score (nSPS) is 13.8. The van der Waals surface area contributed by atoms with Crippen molar-refractivity contribution < 1.29 is 48.8 Å². The molecule has 0 saturated carbocycles. The lowest BCUT2D eigenvalue weighted by molar-refractivity contribution is -0.641. The van der Waals surface area contributed by atoms with Gasteiger partial charge in [0.1, 0.15) is 19.6 Å². The van der Waals surface area contributed by atoms with Crippen LogP contribution in [0.25, 0.3) is 0 Å². The van der Waals surface area contributed by atoms with Crippen LogP contribution in [0.2, 0.25) is 0 Å². The first kappa shape index (κ1) is 53.5. The summed E-state index contributed by atoms with van der Waals surface area (Å²) in [6.07, 6.45) is 36.2. The minimum absolute atomic E-state index is 0.239. The zero-order valence-electron chi connectivity index (χ0n) is 34.9. The second-order valence-electron chi connectivity index (χ2n) is 15.2. The lowest BCUT2D eigenvalue weighted by atomic mass is 10.0. The van der Waals surface area contributed by atoms with Crippen LogP contribution in [0.15, 0.2) is 0 Å². The Morgan fingerprint density at radius 1 is 0.537 bits per heavy atom. The van der Waals surface area contributed by atoms with E-state index in [2.05, 4.69) is 19.7 Å². The van der Waals surface area contributed by atoms with Crippen molar-refractivity contribution in [2.24, 2.45) is 0 Å². The molecule has 0 heterocycles. The van der Waals surface area contributed by atoms with Gasteiger partial charge in [-0.15, -0.1) is 0 Å². The summed E-state index contributed by atoms with van der Waals surface area (Å²) in [4.78, 5) is 24.7. The van der Waals surface area contributed by atoms with Gasteiger partial charge in [0, 0.05) is 11.2 Å². The molecule has 54 heavy (non-hydrogen) atoms. The molecule has 12 heteroatoms. The number of hydrogen-bond acceptors (Lipinski definition) is 10. The van der Waals surface area contributed by atoms with Gasteiger partial charge in [-0.2, -0.15) is 14.9 Å². The van der Waals surface area contributed by atoms with Crippen molar-refractivity contribution in [3.8, 4) is 0 Å². The minimum atomic E-state index is -3.41. The van der Waals surface area contributed by atoms with Crippen LogP contribution in [0.1, 0.15) is 219 Å². The highest BCUT2D eigenvalue weighted by atomic mass is 32.7. The lowest BCUT2D eigenvalue weighted by Gasteiger charge is -2.24. The van der Waals surface area contributed by atoms with Gasteiger partial charge in [-0.3, -0.25) is 4.79 Å². The molecule has 0 fully saturated rings. The second-order valence-corrected chi connectivity index (χ2v) is 18.2. The maximum atomic E-state index is 12.4. The first-order chi connectivity index (χ1) is 26.3. The van der Waals surface area contributed by atoms with Crippen LogP contribution in [-0.2, 0) is 45.0 Å². The van der Waals surface area contributed by atoms with Gasteiger partial charge < -0.3 is 31.9 Å². The third kappa shape index (κ3) is 35.9. The monoisotopic (exact) mass is 811 g/mol. The maximum absolute atomic E-state index is 12.4. The highest BCUT2D eigenvalue weighted by Gasteiger charge is 2.37. The third-order valence-corrected chi connectivity index (χ3v) is 12.2.